The SMILES string of the molecule is Cc1cc(C)cc(NC(=O)CCN2CCC(C)CC2)c1. The van der Waals surface area contributed by atoms with Crippen LogP contribution in [-0.4, -0.2) is 30.4 Å². The molecular weight excluding hydrogens is 248 g/mol. The molecule has 1 aliphatic heterocycles. The van der Waals surface area contributed by atoms with Gasteiger partial charge in [0.1, 0.15) is 0 Å². The molecule has 1 fully saturated rings. The first-order valence-corrected chi connectivity index (χ1v) is 7.63. The van der Waals surface area contributed by atoms with Gasteiger partial charge in [0, 0.05) is 18.7 Å². The van der Waals surface area contributed by atoms with Crippen LogP contribution in [0.4, 0.5) is 5.69 Å². The zero-order chi connectivity index (χ0) is 14.5. The second kappa shape index (κ2) is 6.89. The first-order chi connectivity index (χ1) is 9.52. The Labute approximate surface area is 122 Å². The lowest BCUT2D eigenvalue weighted by atomic mass is 9.99. The number of hydrogen-bond donors (Lipinski definition) is 1. The minimum absolute atomic E-state index is 0.119. The van der Waals surface area contributed by atoms with Crippen molar-refractivity contribution in [3.8, 4) is 0 Å². The van der Waals surface area contributed by atoms with Crippen molar-refractivity contribution in [3.05, 3.63) is 29.3 Å². The summed E-state index contributed by atoms with van der Waals surface area (Å²) in [6.07, 6.45) is 3.11. The van der Waals surface area contributed by atoms with Crippen LogP contribution in [0.1, 0.15) is 37.3 Å². The summed E-state index contributed by atoms with van der Waals surface area (Å²) in [6, 6.07) is 6.16. The van der Waals surface area contributed by atoms with E-state index in [2.05, 4.69) is 37.1 Å². The van der Waals surface area contributed by atoms with Crippen molar-refractivity contribution < 1.29 is 4.79 Å². The molecule has 1 heterocycles. The molecule has 1 aliphatic rings. The second-order valence-corrected chi connectivity index (χ2v) is 6.20. The number of anilines is 1. The first kappa shape index (κ1) is 15.0. The van der Waals surface area contributed by atoms with Crippen LogP contribution in [0.5, 0.6) is 0 Å². The highest BCUT2D eigenvalue weighted by atomic mass is 16.1. The average molecular weight is 274 g/mol. The molecule has 0 atom stereocenters. The van der Waals surface area contributed by atoms with E-state index in [4.69, 9.17) is 0 Å². The number of nitrogens with one attached hydrogen (secondary N) is 1. The smallest absolute Gasteiger partial charge is 0.225 e. The molecule has 0 saturated carbocycles. The molecule has 1 saturated heterocycles. The fourth-order valence-electron chi connectivity index (χ4n) is 2.82. The molecule has 1 aromatic carbocycles. The Morgan fingerprint density at radius 2 is 1.80 bits per heavy atom. The summed E-state index contributed by atoms with van der Waals surface area (Å²) in [5.41, 5.74) is 3.29. The number of carbonyl (C=O) groups is 1. The topological polar surface area (TPSA) is 32.3 Å². The van der Waals surface area contributed by atoms with Crippen molar-refractivity contribution in [2.24, 2.45) is 5.92 Å². The summed E-state index contributed by atoms with van der Waals surface area (Å²) in [5, 5.41) is 3.01. The minimum atomic E-state index is 0.119. The molecule has 1 N–H and O–H groups in total. The van der Waals surface area contributed by atoms with Crippen LogP contribution in [-0.2, 0) is 4.79 Å². The van der Waals surface area contributed by atoms with E-state index >= 15 is 0 Å². The zero-order valence-corrected chi connectivity index (χ0v) is 12.9. The Morgan fingerprint density at radius 1 is 1.20 bits per heavy atom. The van der Waals surface area contributed by atoms with E-state index < -0.39 is 0 Å². The van der Waals surface area contributed by atoms with E-state index in [1.807, 2.05) is 12.1 Å². The lowest BCUT2D eigenvalue weighted by Crippen LogP contribution is -2.35. The molecule has 20 heavy (non-hydrogen) atoms. The normalized spacial score (nSPS) is 17.1. The van der Waals surface area contributed by atoms with Gasteiger partial charge in [0.25, 0.3) is 0 Å². The van der Waals surface area contributed by atoms with Crippen molar-refractivity contribution in [2.45, 2.75) is 40.0 Å². The van der Waals surface area contributed by atoms with Gasteiger partial charge < -0.3 is 10.2 Å². The molecule has 0 unspecified atom stereocenters. The molecule has 110 valence electrons. The molecule has 3 heteroatoms. The highest BCUT2D eigenvalue weighted by Gasteiger charge is 2.16. The standard InChI is InChI=1S/C17H26N2O/c1-13-4-7-19(8-5-13)9-6-17(20)18-16-11-14(2)10-15(3)12-16/h10-13H,4-9H2,1-3H3,(H,18,20). The van der Waals surface area contributed by atoms with Gasteiger partial charge in [-0.05, 0) is 69.0 Å². The zero-order valence-electron chi connectivity index (χ0n) is 12.9. The Bertz CT molecular complexity index is 442. The lowest BCUT2D eigenvalue weighted by Gasteiger charge is -2.29. The summed E-state index contributed by atoms with van der Waals surface area (Å²) in [5.74, 6) is 0.962. The number of likely N-dealkylation sites (tertiary alicyclic amines) is 1. The third kappa shape index (κ3) is 4.64. The average Bonchev–Trinajstić information content (AvgIpc) is 2.37. The number of piperidine rings is 1. The highest BCUT2D eigenvalue weighted by molar-refractivity contribution is 5.91. The summed E-state index contributed by atoms with van der Waals surface area (Å²) in [4.78, 5) is 14.4. The molecular formula is C17H26N2O. The fraction of sp³-hybridized carbons (Fsp3) is 0.588. The monoisotopic (exact) mass is 274 g/mol. The van der Waals surface area contributed by atoms with Crippen LogP contribution in [0, 0.1) is 19.8 Å². The molecule has 0 aliphatic carbocycles. The Balaban J connectivity index is 1.77. The third-order valence-electron chi connectivity index (χ3n) is 4.04. The summed E-state index contributed by atoms with van der Waals surface area (Å²) >= 11 is 0. The number of amides is 1. The van der Waals surface area contributed by atoms with Gasteiger partial charge in [0.15, 0.2) is 0 Å². The van der Waals surface area contributed by atoms with E-state index in [0.717, 1.165) is 31.2 Å². The van der Waals surface area contributed by atoms with Crippen molar-refractivity contribution in [1.82, 2.24) is 4.90 Å². The molecule has 2 rings (SSSR count). The van der Waals surface area contributed by atoms with Gasteiger partial charge in [-0.3, -0.25) is 4.79 Å². The minimum Gasteiger partial charge on any atom is -0.326 e. The van der Waals surface area contributed by atoms with Gasteiger partial charge in [0.05, 0.1) is 0 Å². The van der Waals surface area contributed by atoms with Gasteiger partial charge in [-0.2, -0.15) is 0 Å². The maximum atomic E-state index is 12.0. The maximum absolute atomic E-state index is 12.0. The predicted molar refractivity (Wildman–Crippen MR) is 84.0 cm³/mol. The summed E-state index contributed by atoms with van der Waals surface area (Å²) < 4.78 is 0. The van der Waals surface area contributed by atoms with E-state index in [1.165, 1.54) is 24.0 Å². The van der Waals surface area contributed by atoms with Crippen molar-refractivity contribution in [2.75, 3.05) is 25.0 Å². The Hall–Kier alpha value is -1.35. The molecule has 0 aromatic heterocycles. The Kier molecular flexibility index (Phi) is 5.18. The van der Waals surface area contributed by atoms with Crippen LogP contribution in [0.2, 0.25) is 0 Å². The molecule has 1 amide bonds. The fourth-order valence-corrected chi connectivity index (χ4v) is 2.82. The maximum Gasteiger partial charge on any atom is 0.225 e. The van der Waals surface area contributed by atoms with Gasteiger partial charge >= 0.3 is 0 Å². The number of rotatable bonds is 4. The molecule has 3 nitrogen and oxygen atoms in total. The lowest BCUT2D eigenvalue weighted by molar-refractivity contribution is -0.116. The van der Waals surface area contributed by atoms with Crippen LogP contribution >= 0.6 is 0 Å². The number of benzene rings is 1. The van der Waals surface area contributed by atoms with Crippen LogP contribution in [0.15, 0.2) is 18.2 Å². The van der Waals surface area contributed by atoms with Crippen molar-refractivity contribution in [1.29, 1.82) is 0 Å². The summed E-state index contributed by atoms with van der Waals surface area (Å²) in [7, 11) is 0. The quantitative estimate of drug-likeness (QED) is 0.913. The molecule has 0 spiro atoms. The Morgan fingerprint density at radius 3 is 2.40 bits per heavy atom. The molecule has 0 bridgehead atoms. The number of hydrogen-bond acceptors (Lipinski definition) is 2. The number of aryl methyl sites for hydroxylation is 2. The predicted octanol–water partition coefficient (Wildman–Crippen LogP) is 3.36. The van der Waals surface area contributed by atoms with E-state index in [1.54, 1.807) is 0 Å². The first-order valence-electron chi connectivity index (χ1n) is 7.63. The second-order valence-electron chi connectivity index (χ2n) is 6.20. The van der Waals surface area contributed by atoms with Gasteiger partial charge in [-0.15, -0.1) is 0 Å². The van der Waals surface area contributed by atoms with Crippen LogP contribution in [0.3, 0.4) is 0 Å². The van der Waals surface area contributed by atoms with E-state index in [9.17, 15) is 4.79 Å². The van der Waals surface area contributed by atoms with Gasteiger partial charge in [-0.1, -0.05) is 13.0 Å². The van der Waals surface area contributed by atoms with Crippen molar-refractivity contribution in [3.63, 3.8) is 0 Å². The van der Waals surface area contributed by atoms with E-state index in [0.29, 0.717) is 6.42 Å². The van der Waals surface area contributed by atoms with Gasteiger partial charge in [0.2, 0.25) is 5.91 Å². The van der Waals surface area contributed by atoms with E-state index in [-0.39, 0.29) is 5.91 Å². The summed E-state index contributed by atoms with van der Waals surface area (Å²) in [6.45, 7) is 9.57. The van der Waals surface area contributed by atoms with Crippen molar-refractivity contribution >= 4 is 11.6 Å². The van der Waals surface area contributed by atoms with Crippen LogP contribution in [0.25, 0.3) is 0 Å². The molecule has 0 radical (unpaired) electrons. The van der Waals surface area contributed by atoms with Crippen LogP contribution < -0.4 is 5.32 Å². The highest BCUT2D eigenvalue weighted by Crippen LogP contribution is 2.17. The third-order valence-corrected chi connectivity index (χ3v) is 4.04. The number of nitrogens with zero attached hydrogens (tertiary/aromatic N) is 1. The molecule has 1 aromatic rings. The van der Waals surface area contributed by atoms with Gasteiger partial charge in [-0.25, -0.2) is 0 Å². The largest absolute Gasteiger partial charge is 0.326 e. The number of carbonyl (C=O) groups excluding carboxylic acids is 1.